The van der Waals surface area contributed by atoms with Crippen LogP contribution in [0, 0.1) is 0 Å². The van der Waals surface area contributed by atoms with Gasteiger partial charge in [-0.2, -0.15) is 0 Å². The summed E-state index contributed by atoms with van der Waals surface area (Å²) in [4.78, 5) is 9.84. The first-order valence-electron chi connectivity index (χ1n) is 4.84. The third kappa shape index (κ3) is 2.41. The van der Waals surface area contributed by atoms with Crippen molar-refractivity contribution in [2.75, 3.05) is 5.73 Å². The number of thiazole rings is 1. The summed E-state index contributed by atoms with van der Waals surface area (Å²) in [6.07, 6.45) is 4.45. The zero-order valence-corrected chi connectivity index (χ0v) is 11.2. The van der Waals surface area contributed by atoms with Crippen LogP contribution in [0.2, 0.25) is 0 Å². The van der Waals surface area contributed by atoms with Crippen molar-refractivity contribution in [3.8, 4) is 0 Å². The van der Waals surface area contributed by atoms with E-state index in [1.165, 1.54) is 4.88 Å². The van der Waals surface area contributed by atoms with Crippen molar-refractivity contribution in [2.45, 2.75) is 6.42 Å². The van der Waals surface area contributed by atoms with E-state index < -0.39 is 0 Å². The van der Waals surface area contributed by atoms with Crippen LogP contribution in [0.5, 0.6) is 0 Å². The molecule has 6 heteroatoms. The van der Waals surface area contributed by atoms with Gasteiger partial charge in [-0.05, 0) is 12.1 Å². The zero-order valence-electron chi connectivity index (χ0n) is 8.79. The Morgan fingerprint density at radius 3 is 2.82 bits per heavy atom. The number of nitrogen functional groups attached to an aromatic ring is 1. The molecule has 2 N–H and O–H groups in total. The summed E-state index contributed by atoms with van der Waals surface area (Å²) in [5, 5.41) is 3.13. The highest BCUT2D eigenvalue weighted by molar-refractivity contribution is 7.19. The Balaban J connectivity index is 0.00000108. The van der Waals surface area contributed by atoms with Crippen molar-refractivity contribution < 1.29 is 0 Å². The highest BCUT2D eigenvalue weighted by Gasteiger charge is 2.07. The van der Waals surface area contributed by atoms with Crippen LogP contribution in [0.15, 0.2) is 29.9 Å². The van der Waals surface area contributed by atoms with E-state index in [0.29, 0.717) is 0 Å². The van der Waals surface area contributed by atoms with Crippen LogP contribution >= 0.6 is 35.1 Å². The van der Waals surface area contributed by atoms with Gasteiger partial charge in [0.05, 0.1) is 20.9 Å². The molecule has 17 heavy (non-hydrogen) atoms. The lowest BCUT2D eigenvalue weighted by Crippen LogP contribution is -1.83. The fourth-order valence-corrected chi connectivity index (χ4v) is 3.36. The third-order valence-corrected chi connectivity index (χ3v) is 4.26. The van der Waals surface area contributed by atoms with Gasteiger partial charge in [-0.15, -0.1) is 35.1 Å². The minimum atomic E-state index is 0. The van der Waals surface area contributed by atoms with Gasteiger partial charge in [-0.1, -0.05) is 0 Å². The normalized spacial score (nSPS) is 10.4. The minimum absolute atomic E-state index is 0. The summed E-state index contributed by atoms with van der Waals surface area (Å²) in [6.45, 7) is 0. The molecule has 3 heterocycles. The van der Waals surface area contributed by atoms with Crippen LogP contribution in [0.3, 0.4) is 0 Å². The second kappa shape index (κ2) is 5.00. The number of pyridine rings is 1. The molecule has 0 radical (unpaired) electrons. The average molecular weight is 284 g/mol. The summed E-state index contributed by atoms with van der Waals surface area (Å²) in [6, 6.07) is 3.93. The molecule has 3 aromatic rings. The molecular formula is C11H10ClN3S2. The molecule has 0 spiro atoms. The van der Waals surface area contributed by atoms with Crippen molar-refractivity contribution in [1.29, 1.82) is 0 Å². The van der Waals surface area contributed by atoms with Crippen LogP contribution in [0.1, 0.15) is 9.88 Å². The number of thiophene rings is 1. The predicted molar refractivity (Wildman–Crippen MR) is 76.2 cm³/mol. The molecular weight excluding hydrogens is 274 g/mol. The largest absolute Gasteiger partial charge is 0.397 e. The van der Waals surface area contributed by atoms with Gasteiger partial charge in [-0.25, -0.2) is 4.98 Å². The maximum atomic E-state index is 5.90. The van der Waals surface area contributed by atoms with Gasteiger partial charge in [0.2, 0.25) is 0 Å². The number of aromatic nitrogens is 2. The van der Waals surface area contributed by atoms with Crippen molar-refractivity contribution >= 4 is 51.0 Å². The van der Waals surface area contributed by atoms with Crippen LogP contribution in [-0.4, -0.2) is 9.97 Å². The smallest absolute Gasteiger partial charge is 0.0977 e. The molecule has 0 atom stereocenters. The topological polar surface area (TPSA) is 51.8 Å². The van der Waals surface area contributed by atoms with Crippen molar-refractivity contribution in [2.24, 2.45) is 0 Å². The summed E-state index contributed by atoms with van der Waals surface area (Å²) in [7, 11) is 0. The third-order valence-electron chi connectivity index (χ3n) is 2.30. The van der Waals surface area contributed by atoms with Crippen molar-refractivity contribution in [3.63, 3.8) is 0 Å². The van der Waals surface area contributed by atoms with Crippen molar-refractivity contribution in [3.05, 3.63) is 39.8 Å². The highest BCUT2D eigenvalue weighted by Crippen LogP contribution is 2.30. The van der Waals surface area contributed by atoms with Crippen LogP contribution in [0.25, 0.3) is 10.2 Å². The SMILES string of the molecule is Cl.Nc1ccnc2cc(Cc3nccs3)sc12. The van der Waals surface area contributed by atoms with E-state index >= 15 is 0 Å². The van der Waals surface area contributed by atoms with E-state index in [-0.39, 0.29) is 12.4 Å². The molecule has 0 saturated carbocycles. The molecule has 3 aromatic heterocycles. The number of hydrogen-bond donors (Lipinski definition) is 1. The Kier molecular flexibility index (Phi) is 3.61. The molecule has 0 aliphatic carbocycles. The molecule has 3 nitrogen and oxygen atoms in total. The number of rotatable bonds is 2. The monoisotopic (exact) mass is 283 g/mol. The summed E-state index contributed by atoms with van der Waals surface area (Å²) in [5.41, 5.74) is 7.69. The van der Waals surface area contributed by atoms with Gasteiger partial charge in [0.1, 0.15) is 0 Å². The number of halogens is 1. The Hall–Kier alpha value is -1.17. The quantitative estimate of drug-likeness (QED) is 0.785. The first-order chi connectivity index (χ1) is 7.83. The lowest BCUT2D eigenvalue weighted by molar-refractivity contribution is 1.17. The highest BCUT2D eigenvalue weighted by atomic mass is 35.5. The molecule has 0 aromatic carbocycles. The molecule has 0 aliphatic rings. The van der Waals surface area contributed by atoms with Gasteiger partial charge in [-0.3, -0.25) is 4.98 Å². The fourth-order valence-electron chi connectivity index (χ4n) is 1.58. The van der Waals surface area contributed by atoms with E-state index in [9.17, 15) is 0 Å². The van der Waals surface area contributed by atoms with Gasteiger partial charge in [0, 0.05) is 29.1 Å². The van der Waals surface area contributed by atoms with Gasteiger partial charge >= 0.3 is 0 Å². The summed E-state index contributed by atoms with van der Waals surface area (Å²) >= 11 is 3.38. The Morgan fingerprint density at radius 2 is 2.12 bits per heavy atom. The van der Waals surface area contributed by atoms with Crippen LogP contribution in [-0.2, 0) is 6.42 Å². The van der Waals surface area contributed by atoms with Gasteiger partial charge in [0.25, 0.3) is 0 Å². The van der Waals surface area contributed by atoms with E-state index in [2.05, 4.69) is 16.0 Å². The lowest BCUT2D eigenvalue weighted by Gasteiger charge is -1.91. The summed E-state index contributed by atoms with van der Waals surface area (Å²) in [5.74, 6) is 0. The number of anilines is 1. The molecule has 0 amide bonds. The molecule has 0 bridgehead atoms. The Labute approximate surface area is 113 Å². The predicted octanol–water partition coefficient (Wildman–Crippen LogP) is 3.35. The Morgan fingerprint density at radius 1 is 1.24 bits per heavy atom. The number of nitrogens with zero attached hydrogens (tertiary/aromatic N) is 2. The standard InChI is InChI=1S/C11H9N3S2.ClH/c12-8-1-2-13-9-5-7(16-11(8)9)6-10-14-3-4-15-10;/h1-5H,6H2,(H2,12,13);1H. The zero-order chi connectivity index (χ0) is 11.0. The molecule has 0 saturated heterocycles. The van der Waals surface area contributed by atoms with Crippen LogP contribution < -0.4 is 5.73 Å². The van der Waals surface area contributed by atoms with E-state index in [0.717, 1.165) is 27.3 Å². The van der Waals surface area contributed by atoms with E-state index in [1.807, 2.05) is 17.6 Å². The van der Waals surface area contributed by atoms with E-state index in [4.69, 9.17) is 5.73 Å². The second-order valence-electron chi connectivity index (χ2n) is 3.43. The summed E-state index contributed by atoms with van der Waals surface area (Å²) < 4.78 is 1.08. The van der Waals surface area contributed by atoms with E-state index in [1.54, 1.807) is 28.9 Å². The van der Waals surface area contributed by atoms with Crippen molar-refractivity contribution in [1.82, 2.24) is 9.97 Å². The van der Waals surface area contributed by atoms with Gasteiger partial charge in [0.15, 0.2) is 0 Å². The maximum absolute atomic E-state index is 5.90. The molecule has 3 rings (SSSR count). The maximum Gasteiger partial charge on any atom is 0.0977 e. The Bertz CT molecular complexity index is 619. The number of nitrogens with two attached hydrogens (primary N) is 1. The second-order valence-corrected chi connectivity index (χ2v) is 5.55. The molecule has 0 unspecified atom stereocenters. The minimum Gasteiger partial charge on any atom is -0.397 e. The van der Waals surface area contributed by atoms with Crippen LogP contribution in [0.4, 0.5) is 5.69 Å². The fraction of sp³-hybridized carbons (Fsp3) is 0.0909. The molecule has 0 fully saturated rings. The number of fused-ring (bicyclic) bond motifs is 1. The average Bonchev–Trinajstić information content (AvgIpc) is 2.88. The molecule has 88 valence electrons. The molecule has 0 aliphatic heterocycles. The number of hydrogen-bond acceptors (Lipinski definition) is 5. The van der Waals surface area contributed by atoms with Gasteiger partial charge < -0.3 is 5.73 Å². The first-order valence-corrected chi connectivity index (χ1v) is 6.54. The first kappa shape index (κ1) is 12.3. The lowest BCUT2D eigenvalue weighted by atomic mass is 10.3.